The Hall–Kier alpha value is -0.743. The van der Waals surface area contributed by atoms with E-state index in [0.29, 0.717) is 6.42 Å². The van der Waals surface area contributed by atoms with E-state index >= 15 is 0 Å². The summed E-state index contributed by atoms with van der Waals surface area (Å²) >= 11 is 0. The maximum atomic E-state index is 6.15. The van der Waals surface area contributed by atoms with E-state index in [1.54, 1.807) is 0 Å². The summed E-state index contributed by atoms with van der Waals surface area (Å²) in [7, 11) is -1.64. The summed E-state index contributed by atoms with van der Waals surface area (Å²) in [5, 5.41) is 0.259. The molecule has 0 bridgehead atoms. The zero-order chi connectivity index (χ0) is 15.2. The highest BCUT2D eigenvalue weighted by molar-refractivity contribution is 6.74. The predicted molar refractivity (Wildman–Crippen MR) is 86.9 cm³/mol. The van der Waals surface area contributed by atoms with Crippen molar-refractivity contribution in [2.75, 3.05) is 6.61 Å². The van der Waals surface area contributed by atoms with E-state index in [2.05, 4.69) is 57.5 Å². The molecule has 0 radical (unpaired) electrons. The first-order valence-electron chi connectivity index (χ1n) is 7.49. The van der Waals surface area contributed by atoms with Crippen LogP contribution in [0, 0.1) is 23.7 Å². The Labute approximate surface area is 125 Å². The monoisotopic (exact) mass is 292 g/mol. The summed E-state index contributed by atoms with van der Waals surface area (Å²) in [5.41, 5.74) is 0. The first-order chi connectivity index (χ1) is 9.28. The summed E-state index contributed by atoms with van der Waals surface area (Å²) in [5.74, 6) is 12.2. The fourth-order valence-electron chi connectivity index (χ4n) is 1.48. The van der Waals surface area contributed by atoms with Crippen LogP contribution in [0.25, 0.3) is 0 Å². The lowest BCUT2D eigenvalue weighted by Gasteiger charge is -2.35. The summed E-state index contributed by atoms with van der Waals surface area (Å²) in [4.78, 5) is 0. The molecule has 3 heteroatoms. The molecule has 1 aliphatic rings. The molecule has 20 heavy (non-hydrogen) atoms. The van der Waals surface area contributed by atoms with Crippen LogP contribution >= 0.6 is 0 Å². The fraction of sp³-hybridized carbons (Fsp3) is 0.765. The second-order valence-electron chi connectivity index (χ2n) is 6.73. The quantitative estimate of drug-likeness (QED) is 0.444. The minimum Gasteiger partial charge on any atom is -0.414 e. The third-order valence-corrected chi connectivity index (χ3v) is 8.51. The minimum atomic E-state index is -1.64. The molecule has 0 saturated carbocycles. The molecule has 2 nitrogen and oxygen atoms in total. The molecule has 1 rings (SSSR count). The molecule has 1 heterocycles. The van der Waals surface area contributed by atoms with Crippen LogP contribution in [-0.2, 0) is 9.16 Å². The van der Waals surface area contributed by atoms with Gasteiger partial charge in [0.1, 0.15) is 6.10 Å². The first kappa shape index (κ1) is 17.3. The maximum absolute atomic E-state index is 6.15. The number of hydrogen-bond donors (Lipinski definition) is 0. The van der Waals surface area contributed by atoms with Gasteiger partial charge in [-0.3, -0.25) is 0 Å². The molecule has 1 fully saturated rings. The van der Waals surface area contributed by atoms with Crippen molar-refractivity contribution in [3.8, 4) is 23.7 Å². The van der Waals surface area contributed by atoms with Gasteiger partial charge in [-0.15, -0.1) is 5.92 Å². The van der Waals surface area contributed by atoms with E-state index in [9.17, 15) is 0 Å². The van der Waals surface area contributed by atoms with Crippen LogP contribution in [0.5, 0.6) is 0 Å². The average Bonchev–Trinajstić information content (AvgIpc) is 3.08. The van der Waals surface area contributed by atoms with Crippen molar-refractivity contribution in [1.29, 1.82) is 0 Å². The lowest BCUT2D eigenvalue weighted by Crippen LogP contribution is -2.41. The molecule has 0 amide bonds. The maximum Gasteiger partial charge on any atom is 0.192 e. The molecule has 0 spiro atoms. The third kappa shape index (κ3) is 5.71. The van der Waals surface area contributed by atoms with Gasteiger partial charge in [0.15, 0.2) is 8.32 Å². The Balaban J connectivity index is 2.21. The minimum absolute atomic E-state index is 0.250. The topological polar surface area (TPSA) is 21.8 Å². The SMILES string of the molecule is CCC#CCC#CC[C@@H]1O[C@@H]1CO[Si](C)(C)C(C)(C)C. The Bertz CT molecular complexity index is 426. The molecule has 0 aliphatic carbocycles. The van der Waals surface area contributed by atoms with Crippen LogP contribution in [-0.4, -0.2) is 27.1 Å². The molecule has 0 N–H and O–H groups in total. The van der Waals surface area contributed by atoms with Crippen LogP contribution < -0.4 is 0 Å². The largest absolute Gasteiger partial charge is 0.414 e. The Morgan fingerprint density at radius 2 is 1.70 bits per heavy atom. The molecular weight excluding hydrogens is 264 g/mol. The molecule has 112 valence electrons. The zero-order valence-corrected chi connectivity index (χ0v) is 14.8. The molecule has 2 atom stereocenters. The molecule has 1 aliphatic heterocycles. The van der Waals surface area contributed by atoms with E-state index < -0.39 is 8.32 Å². The molecule has 0 unspecified atom stereocenters. The van der Waals surface area contributed by atoms with Crippen molar-refractivity contribution >= 4 is 8.32 Å². The number of ether oxygens (including phenoxy) is 1. The van der Waals surface area contributed by atoms with Gasteiger partial charge < -0.3 is 9.16 Å². The normalized spacial score (nSPS) is 21.5. The van der Waals surface area contributed by atoms with E-state index in [-0.39, 0.29) is 17.2 Å². The number of hydrogen-bond acceptors (Lipinski definition) is 2. The van der Waals surface area contributed by atoms with Gasteiger partial charge in [-0.05, 0) is 18.1 Å². The Morgan fingerprint density at radius 3 is 2.30 bits per heavy atom. The smallest absolute Gasteiger partial charge is 0.192 e. The molecule has 0 aromatic carbocycles. The Morgan fingerprint density at radius 1 is 1.05 bits per heavy atom. The highest BCUT2D eigenvalue weighted by Crippen LogP contribution is 2.37. The third-order valence-electron chi connectivity index (χ3n) is 4.01. The summed E-state index contributed by atoms with van der Waals surface area (Å²) < 4.78 is 11.8. The van der Waals surface area contributed by atoms with Gasteiger partial charge >= 0.3 is 0 Å². The van der Waals surface area contributed by atoms with Crippen molar-refractivity contribution in [2.24, 2.45) is 0 Å². The molecule has 0 aromatic rings. The molecular formula is C17H28O2Si. The van der Waals surface area contributed by atoms with Crippen molar-refractivity contribution in [1.82, 2.24) is 0 Å². The predicted octanol–water partition coefficient (Wildman–Crippen LogP) is 3.97. The summed E-state index contributed by atoms with van der Waals surface area (Å²) in [6.45, 7) is 14.1. The summed E-state index contributed by atoms with van der Waals surface area (Å²) in [6, 6.07) is 0. The van der Waals surface area contributed by atoms with Gasteiger partial charge in [-0.2, -0.15) is 0 Å². The van der Waals surface area contributed by atoms with Crippen LogP contribution in [0.15, 0.2) is 0 Å². The fourth-order valence-corrected chi connectivity index (χ4v) is 2.49. The number of epoxide rings is 1. The van der Waals surface area contributed by atoms with E-state index in [0.717, 1.165) is 19.4 Å². The standard InChI is InChI=1S/C17H28O2Si/c1-7-8-9-10-11-12-13-15-16(19-15)14-18-20(5,6)17(2,3)4/h15-16H,7,10,13-14H2,1-6H3/t15-,16+/m0/s1. The molecule has 1 saturated heterocycles. The number of rotatable bonds is 4. The van der Waals surface area contributed by atoms with Gasteiger partial charge in [0.2, 0.25) is 0 Å². The Kier molecular flexibility index (Phi) is 6.33. The van der Waals surface area contributed by atoms with Crippen molar-refractivity contribution in [2.45, 2.75) is 77.3 Å². The molecule has 0 aromatic heterocycles. The van der Waals surface area contributed by atoms with Crippen molar-refractivity contribution < 1.29 is 9.16 Å². The van der Waals surface area contributed by atoms with Gasteiger partial charge in [-0.25, -0.2) is 0 Å². The first-order valence-corrected chi connectivity index (χ1v) is 10.4. The lowest BCUT2D eigenvalue weighted by molar-refractivity contribution is 0.242. The van der Waals surface area contributed by atoms with E-state index in [4.69, 9.17) is 9.16 Å². The van der Waals surface area contributed by atoms with Crippen LogP contribution in [0.4, 0.5) is 0 Å². The highest BCUT2D eigenvalue weighted by Gasteiger charge is 2.43. The van der Waals surface area contributed by atoms with Crippen molar-refractivity contribution in [3.63, 3.8) is 0 Å². The van der Waals surface area contributed by atoms with E-state index in [1.807, 2.05) is 6.92 Å². The highest BCUT2D eigenvalue weighted by atomic mass is 28.4. The van der Waals surface area contributed by atoms with Gasteiger partial charge in [0.25, 0.3) is 0 Å². The lowest BCUT2D eigenvalue weighted by atomic mass is 10.2. The average molecular weight is 292 g/mol. The van der Waals surface area contributed by atoms with Crippen LogP contribution in [0.2, 0.25) is 18.1 Å². The van der Waals surface area contributed by atoms with E-state index in [1.165, 1.54) is 0 Å². The van der Waals surface area contributed by atoms with Gasteiger partial charge in [0, 0.05) is 12.8 Å². The second kappa shape index (κ2) is 7.32. The van der Waals surface area contributed by atoms with Gasteiger partial charge in [0.05, 0.1) is 19.1 Å². The van der Waals surface area contributed by atoms with Crippen molar-refractivity contribution in [3.05, 3.63) is 0 Å². The second-order valence-corrected chi connectivity index (χ2v) is 11.5. The van der Waals surface area contributed by atoms with Crippen LogP contribution in [0.3, 0.4) is 0 Å². The van der Waals surface area contributed by atoms with Gasteiger partial charge in [-0.1, -0.05) is 45.5 Å². The zero-order valence-electron chi connectivity index (χ0n) is 13.8. The van der Waals surface area contributed by atoms with Crippen LogP contribution in [0.1, 0.15) is 47.0 Å². The summed E-state index contributed by atoms with van der Waals surface area (Å²) in [6.07, 6.45) is 2.90.